The quantitative estimate of drug-likeness (QED) is 0.459. The van der Waals surface area contributed by atoms with Gasteiger partial charge in [-0.3, -0.25) is 9.69 Å². The number of carbonyl (C=O) groups excluding carboxylic acids is 1. The predicted octanol–water partition coefficient (Wildman–Crippen LogP) is 3.59. The number of aromatic nitrogens is 4. The van der Waals surface area contributed by atoms with Crippen LogP contribution in [0.5, 0.6) is 0 Å². The van der Waals surface area contributed by atoms with Gasteiger partial charge in [0.05, 0.1) is 5.75 Å². The molecular formula is C18H19N5OS2. The summed E-state index contributed by atoms with van der Waals surface area (Å²) in [6.45, 7) is 2.39. The van der Waals surface area contributed by atoms with Gasteiger partial charge in [0.25, 0.3) is 0 Å². The molecule has 134 valence electrons. The van der Waals surface area contributed by atoms with Gasteiger partial charge in [0.1, 0.15) is 5.82 Å². The molecule has 0 N–H and O–H groups in total. The van der Waals surface area contributed by atoms with E-state index in [1.807, 2.05) is 30.6 Å². The van der Waals surface area contributed by atoms with Gasteiger partial charge in [0.15, 0.2) is 4.34 Å². The highest BCUT2D eigenvalue weighted by molar-refractivity contribution is 8.00. The van der Waals surface area contributed by atoms with Crippen LogP contribution in [0.25, 0.3) is 0 Å². The van der Waals surface area contributed by atoms with Crippen molar-refractivity contribution in [2.45, 2.75) is 42.4 Å². The summed E-state index contributed by atoms with van der Waals surface area (Å²) in [5.41, 5.74) is 1.25. The highest BCUT2D eigenvalue weighted by atomic mass is 32.2. The zero-order valence-corrected chi connectivity index (χ0v) is 16.0. The second-order valence-corrected chi connectivity index (χ2v) is 8.39. The summed E-state index contributed by atoms with van der Waals surface area (Å²) in [4.78, 5) is 18.1. The van der Waals surface area contributed by atoms with Crippen molar-refractivity contribution in [3.63, 3.8) is 0 Å². The third-order valence-electron chi connectivity index (χ3n) is 4.18. The zero-order valence-electron chi connectivity index (χ0n) is 14.4. The first-order valence-corrected chi connectivity index (χ1v) is 10.3. The fourth-order valence-corrected chi connectivity index (χ4v) is 4.69. The molecule has 2 heterocycles. The lowest BCUT2D eigenvalue weighted by Gasteiger charge is -2.15. The summed E-state index contributed by atoms with van der Waals surface area (Å²) in [6, 6.07) is 10.6. The van der Waals surface area contributed by atoms with E-state index in [4.69, 9.17) is 0 Å². The first kappa shape index (κ1) is 17.2. The molecule has 1 aliphatic carbocycles. The van der Waals surface area contributed by atoms with E-state index < -0.39 is 0 Å². The number of benzene rings is 1. The molecule has 0 saturated heterocycles. The van der Waals surface area contributed by atoms with Crippen LogP contribution in [0, 0.1) is 0 Å². The van der Waals surface area contributed by atoms with Crippen LogP contribution in [0.15, 0.2) is 47.1 Å². The van der Waals surface area contributed by atoms with Crippen molar-refractivity contribution >= 4 is 34.1 Å². The van der Waals surface area contributed by atoms with E-state index in [1.54, 1.807) is 23.6 Å². The normalized spacial score (nSPS) is 13.7. The minimum atomic E-state index is 0.0404. The molecule has 3 aromatic rings. The Bertz CT molecular complexity index is 888. The van der Waals surface area contributed by atoms with E-state index in [1.165, 1.54) is 16.9 Å². The van der Waals surface area contributed by atoms with Gasteiger partial charge in [0.2, 0.25) is 11.0 Å². The molecule has 1 amide bonds. The molecule has 6 nitrogen and oxygen atoms in total. The van der Waals surface area contributed by atoms with Crippen molar-refractivity contribution in [3.05, 3.63) is 54.1 Å². The minimum Gasteiger partial charge on any atom is -0.330 e. The van der Waals surface area contributed by atoms with Gasteiger partial charge in [0, 0.05) is 31.9 Å². The predicted molar refractivity (Wildman–Crippen MR) is 103 cm³/mol. The van der Waals surface area contributed by atoms with Crippen LogP contribution in [0.1, 0.15) is 31.2 Å². The minimum absolute atomic E-state index is 0.0404. The second-order valence-electron chi connectivity index (χ2n) is 6.22. The Kier molecular flexibility index (Phi) is 5.03. The summed E-state index contributed by atoms with van der Waals surface area (Å²) in [6.07, 6.45) is 5.94. The average molecular weight is 386 g/mol. The van der Waals surface area contributed by atoms with Crippen molar-refractivity contribution in [2.75, 3.05) is 4.90 Å². The van der Waals surface area contributed by atoms with Crippen LogP contribution in [-0.2, 0) is 17.1 Å². The molecule has 0 atom stereocenters. The molecule has 2 aromatic heterocycles. The molecule has 0 unspecified atom stereocenters. The number of amides is 1. The number of anilines is 1. The number of imidazole rings is 1. The van der Waals surface area contributed by atoms with Gasteiger partial charge >= 0.3 is 0 Å². The van der Waals surface area contributed by atoms with Gasteiger partial charge in [-0.2, -0.15) is 0 Å². The van der Waals surface area contributed by atoms with Crippen LogP contribution < -0.4 is 4.90 Å². The Morgan fingerprint density at radius 2 is 2.12 bits per heavy atom. The third kappa shape index (κ3) is 3.96. The molecule has 8 heteroatoms. The molecule has 4 rings (SSSR count). The topological polar surface area (TPSA) is 63.9 Å². The maximum Gasteiger partial charge on any atom is 0.225 e. The molecule has 26 heavy (non-hydrogen) atoms. The van der Waals surface area contributed by atoms with E-state index in [-0.39, 0.29) is 5.91 Å². The monoisotopic (exact) mass is 385 g/mol. The first-order chi connectivity index (χ1) is 12.7. The summed E-state index contributed by atoms with van der Waals surface area (Å²) in [5, 5.41) is 9.16. The largest absolute Gasteiger partial charge is 0.330 e. The molecule has 1 aliphatic rings. The fourth-order valence-electron chi connectivity index (χ4n) is 2.77. The summed E-state index contributed by atoms with van der Waals surface area (Å²) in [5.74, 6) is 1.76. The molecule has 0 bridgehead atoms. The fraction of sp³-hybridized carbons (Fsp3) is 0.333. The molecule has 1 aromatic carbocycles. The summed E-state index contributed by atoms with van der Waals surface area (Å²) in [7, 11) is 0. The highest BCUT2D eigenvalue weighted by Gasteiger charge is 2.34. The van der Waals surface area contributed by atoms with Crippen molar-refractivity contribution in [1.29, 1.82) is 0 Å². The Morgan fingerprint density at radius 1 is 1.31 bits per heavy atom. The van der Waals surface area contributed by atoms with E-state index in [0.29, 0.717) is 11.2 Å². The van der Waals surface area contributed by atoms with Crippen LogP contribution in [0.4, 0.5) is 5.13 Å². The van der Waals surface area contributed by atoms with Crippen LogP contribution >= 0.6 is 23.1 Å². The highest BCUT2D eigenvalue weighted by Crippen LogP contribution is 2.36. The average Bonchev–Trinajstić information content (AvgIpc) is 3.18. The molecule has 1 saturated carbocycles. The number of hydrogen-bond acceptors (Lipinski definition) is 6. The Morgan fingerprint density at radius 3 is 2.85 bits per heavy atom. The van der Waals surface area contributed by atoms with Gasteiger partial charge < -0.3 is 4.57 Å². The smallest absolute Gasteiger partial charge is 0.225 e. The lowest BCUT2D eigenvalue weighted by atomic mass is 10.2. The second kappa shape index (κ2) is 7.59. The molecule has 0 radical (unpaired) electrons. The molecule has 0 spiro atoms. The van der Waals surface area contributed by atoms with Crippen molar-refractivity contribution in [1.82, 2.24) is 19.7 Å². The molecule has 0 aliphatic heterocycles. The Labute approximate surface area is 160 Å². The maximum atomic E-state index is 11.8. The number of nitrogens with zero attached hydrogens (tertiary/aromatic N) is 5. The standard InChI is InChI=1S/C18H19N5OS2/c1-13(24)23(15-7-8-15)17-20-21-18(26-17)25-12-16-19-9-10-22(16)11-14-5-3-2-4-6-14/h2-6,9-10,15H,7-8,11-12H2,1H3. The summed E-state index contributed by atoms with van der Waals surface area (Å²) >= 11 is 3.09. The van der Waals surface area contributed by atoms with E-state index in [9.17, 15) is 4.79 Å². The number of hydrogen-bond donors (Lipinski definition) is 0. The number of rotatable bonds is 7. The van der Waals surface area contributed by atoms with Gasteiger partial charge in [-0.15, -0.1) is 10.2 Å². The first-order valence-electron chi connectivity index (χ1n) is 8.51. The van der Waals surface area contributed by atoms with Gasteiger partial charge in [-0.25, -0.2) is 4.98 Å². The van der Waals surface area contributed by atoms with Crippen LogP contribution in [0.2, 0.25) is 0 Å². The van der Waals surface area contributed by atoms with E-state index in [2.05, 4.69) is 31.9 Å². The van der Waals surface area contributed by atoms with Crippen molar-refractivity contribution < 1.29 is 4.79 Å². The van der Waals surface area contributed by atoms with Crippen LogP contribution in [-0.4, -0.2) is 31.7 Å². The number of carbonyl (C=O) groups is 1. The Balaban J connectivity index is 1.41. The SMILES string of the molecule is CC(=O)N(c1nnc(SCc2nccn2Cc2ccccc2)s1)C1CC1. The van der Waals surface area contributed by atoms with Crippen LogP contribution in [0.3, 0.4) is 0 Å². The van der Waals surface area contributed by atoms with Gasteiger partial charge in [-0.05, 0) is 18.4 Å². The third-order valence-corrected chi connectivity index (χ3v) is 6.23. The number of thioether (sulfide) groups is 1. The summed E-state index contributed by atoms with van der Waals surface area (Å²) < 4.78 is 3.01. The van der Waals surface area contributed by atoms with Crippen molar-refractivity contribution in [3.8, 4) is 0 Å². The van der Waals surface area contributed by atoms with Gasteiger partial charge in [-0.1, -0.05) is 53.4 Å². The maximum absolute atomic E-state index is 11.8. The Hall–Kier alpha value is -2.19. The lowest BCUT2D eigenvalue weighted by Crippen LogP contribution is -2.30. The molecule has 1 fully saturated rings. The zero-order chi connectivity index (χ0) is 17.9. The molecular weight excluding hydrogens is 366 g/mol. The van der Waals surface area contributed by atoms with Crippen molar-refractivity contribution in [2.24, 2.45) is 0 Å². The van der Waals surface area contributed by atoms with E-state index in [0.717, 1.165) is 35.3 Å². The van der Waals surface area contributed by atoms with E-state index >= 15 is 0 Å². The lowest BCUT2D eigenvalue weighted by molar-refractivity contribution is -0.116.